The summed E-state index contributed by atoms with van der Waals surface area (Å²) in [6, 6.07) is 14.3. The number of ether oxygens (including phenoxy) is 2. The predicted octanol–water partition coefficient (Wildman–Crippen LogP) is 2.92. The maximum atomic E-state index is 12.3. The molecule has 0 unspecified atom stereocenters. The van der Waals surface area contributed by atoms with Gasteiger partial charge in [0.1, 0.15) is 5.75 Å². The summed E-state index contributed by atoms with van der Waals surface area (Å²) in [4.78, 5) is 24.4. The lowest BCUT2D eigenvalue weighted by Crippen LogP contribution is -2.31. The van der Waals surface area contributed by atoms with Crippen LogP contribution in [-0.2, 0) is 9.53 Å². The first kappa shape index (κ1) is 18.9. The van der Waals surface area contributed by atoms with Crippen LogP contribution in [0.4, 0.5) is 5.69 Å². The van der Waals surface area contributed by atoms with Crippen LogP contribution in [0.2, 0.25) is 0 Å². The second kappa shape index (κ2) is 9.19. The molecule has 2 aromatic carbocycles. The molecular formula is C21H24N2O4. The van der Waals surface area contributed by atoms with Gasteiger partial charge in [0.15, 0.2) is 6.61 Å². The van der Waals surface area contributed by atoms with Crippen molar-refractivity contribution in [2.24, 2.45) is 0 Å². The van der Waals surface area contributed by atoms with Crippen LogP contribution in [0.25, 0.3) is 0 Å². The molecule has 2 amide bonds. The first-order valence-electron chi connectivity index (χ1n) is 9.09. The number of carbonyl (C=O) groups is 2. The maximum Gasteiger partial charge on any atom is 0.262 e. The van der Waals surface area contributed by atoms with E-state index in [1.807, 2.05) is 25.1 Å². The van der Waals surface area contributed by atoms with Crippen molar-refractivity contribution in [3.63, 3.8) is 0 Å². The van der Waals surface area contributed by atoms with Crippen molar-refractivity contribution in [1.82, 2.24) is 5.32 Å². The highest BCUT2D eigenvalue weighted by Gasteiger charge is 2.17. The van der Waals surface area contributed by atoms with Gasteiger partial charge < -0.3 is 20.1 Å². The first-order valence-corrected chi connectivity index (χ1v) is 9.09. The molecule has 0 radical (unpaired) electrons. The molecule has 3 rings (SSSR count). The van der Waals surface area contributed by atoms with Crippen molar-refractivity contribution in [3.05, 3.63) is 59.7 Å². The van der Waals surface area contributed by atoms with Crippen molar-refractivity contribution in [3.8, 4) is 5.75 Å². The molecule has 1 fully saturated rings. The number of aryl methyl sites for hydroxylation is 1. The van der Waals surface area contributed by atoms with Crippen LogP contribution in [-0.4, -0.2) is 37.7 Å². The van der Waals surface area contributed by atoms with Crippen LogP contribution in [0.5, 0.6) is 5.75 Å². The van der Waals surface area contributed by atoms with E-state index in [4.69, 9.17) is 9.47 Å². The molecule has 0 aliphatic carbocycles. The summed E-state index contributed by atoms with van der Waals surface area (Å²) < 4.78 is 11.0. The van der Waals surface area contributed by atoms with Gasteiger partial charge in [0, 0.05) is 24.4 Å². The zero-order valence-corrected chi connectivity index (χ0v) is 15.4. The number of carbonyl (C=O) groups excluding carboxylic acids is 2. The molecule has 6 nitrogen and oxygen atoms in total. The molecule has 0 saturated carbocycles. The molecule has 1 saturated heterocycles. The van der Waals surface area contributed by atoms with Crippen molar-refractivity contribution >= 4 is 17.5 Å². The van der Waals surface area contributed by atoms with Crippen molar-refractivity contribution in [1.29, 1.82) is 0 Å². The summed E-state index contributed by atoms with van der Waals surface area (Å²) in [6.45, 7) is 3.12. The Labute approximate surface area is 158 Å². The van der Waals surface area contributed by atoms with Crippen LogP contribution < -0.4 is 15.4 Å². The van der Waals surface area contributed by atoms with Gasteiger partial charge in [-0.05, 0) is 55.7 Å². The van der Waals surface area contributed by atoms with Crippen molar-refractivity contribution in [2.45, 2.75) is 25.9 Å². The Hall–Kier alpha value is -2.86. The number of amides is 2. The lowest BCUT2D eigenvalue weighted by molar-refractivity contribution is -0.118. The summed E-state index contributed by atoms with van der Waals surface area (Å²) in [5.41, 5.74) is 2.11. The Bertz CT molecular complexity index is 800. The largest absolute Gasteiger partial charge is 0.484 e. The average molecular weight is 368 g/mol. The minimum absolute atomic E-state index is 0.0932. The molecule has 1 aliphatic heterocycles. The highest BCUT2D eigenvalue weighted by Crippen LogP contribution is 2.14. The molecular weight excluding hydrogens is 344 g/mol. The third-order valence-corrected chi connectivity index (χ3v) is 4.28. The fraction of sp³-hybridized carbons (Fsp3) is 0.333. The second-order valence-corrected chi connectivity index (χ2v) is 6.58. The standard InChI is InChI=1S/C21H24N2O4/c1-15-5-2-8-18(11-15)27-14-20(24)23-17-7-3-6-16(12-17)21(25)22-13-19-9-4-10-26-19/h2-3,5-8,11-12,19H,4,9-10,13-14H2,1H3,(H,22,25)(H,23,24)/t19-/m1/s1. The Morgan fingerprint density at radius 1 is 1.19 bits per heavy atom. The molecule has 1 aliphatic rings. The van der Waals surface area contributed by atoms with Crippen molar-refractivity contribution < 1.29 is 19.1 Å². The maximum absolute atomic E-state index is 12.3. The zero-order valence-electron chi connectivity index (χ0n) is 15.4. The van der Waals surface area contributed by atoms with Gasteiger partial charge in [-0.15, -0.1) is 0 Å². The van der Waals surface area contributed by atoms with Gasteiger partial charge in [0.25, 0.3) is 11.8 Å². The van der Waals surface area contributed by atoms with Crippen LogP contribution >= 0.6 is 0 Å². The van der Waals surface area contributed by atoms with E-state index in [0.29, 0.717) is 23.5 Å². The van der Waals surface area contributed by atoms with Gasteiger partial charge in [0.2, 0.25) is 0 Å². The fourth-order valence-corrected chi connectivity index (χ4v) is 2.90. The Balaban J connectivity index is 1.50. The van der Waals surface area contributed by atoms with Gasteiger partial charge in [-0.25, -0.2) is 0 Å². The van der Waals surface area contributed by atoms with E-state index in [0.717, 1.165) is 25.0 Å². The summed E-state index contributed by atoms with van der Waals surface area (Å²) in [6.07, 6.45) is 2.10. The predicted molar refractivity (Wildman–Crippen MR) is 103 cm³/mol. The van der Waals surface area contributed by atoms with Crippen LogP contribution in [0.15, 0.2) is 48.5 Å². The Kier molecular flexibility index (Phi) is 6.44. The van der Waals surface area contributed by atoms with E-state index >= 15 is 0 Å². The number of hydrogen-bond acceptors (Lipinski definition) is 4. The normalized spacial score (nSPS) is 16.0. The molecule has 0 aromatic heterocycles. The molecule has 2 N–H and O–H groups in total. The van der Waals surface area contributed by atoms with Gasteiger partial charge in [0.05, 0.1) is 6.10 Å². The smallest absolute Gasteiger partial charge is 0.262 e. The Morgan fingerprint density at radius 2 is 2.04 bits per heavy atom. The number of rotatable bonds is 7. The number of nitrogens with one attached hydrogen (secondary N) is 2. The molecule has 1 atom stereocenters. The third kappa shape index (κ3) is 5.82. The molecule has 1 heterocycles. The van der Waals surface area contributed by atoms with Gasteiger partial charge in [-0.1, -0.05) is 18.2 Å². The number of anilines is 1. The lowest BCUT2D eigenvalue weighted by Gasteiger charge is -2.12. The highest BCUT2D eigenvalue weighted by molar-refractivity contribution is 5.97. The second-order valence-electron chi connectivity index (χ2n) is 6.58. The molecule has 142 valence electrons. The van der Waals surface area contributed by atoms with Crippen molar-refractivity contribution in [2.75, 3.05) is 25.1 Å². The zero-order chi connectivity index (χ0) is 19.1. The topological polar surface area (TPSA) is 76.7 Å². The monoisotopic (exact) mass is 368 g/mol. The minimum Gasteiger partial charge on any atom is -0.484 e. The Morgan fingerprint density at radius 3 is 2.81 bits per heavy atom. The summed E-state index contributed by atoms with van der Waals surface area (Å²) >= 11 is 0. The van der Waals surface area contributed by atoms with E-state index in [-0.39, 0.29) is 24.5 Å². The molecule has 0 bridgehead atoms. The quantitative estimate of drug-likeness (QED) is 0.788. The summed E-state index contributed by atoms with van der Waals surface area (Å²) in [7, 11) is 0. The molecule has 2 aromatic rings. The number of hydrogen-bond donors (Lipinski definition) is 2. The molecule has 6 heteroatoms. The van der Waals surface area contributed by atoms with Crippen LogP contribution in [0.1, 0.15) is 28.8 Å². The third-order valence-electron chi connectivity index (χ3n) is 4.28. The van der Waals surface area contributed by atoms with E-state index in [9.17, 15) is 9.59 Å². The first-order chi connectivity index (χ1) is 13.1. The average Bonchev–Trinajstić information content (AvgIpc) is 3.18. The van der Waals surface area contributed by atoms with E-state index < -0.39 is 0 Å². The summed E-state index contributed by atoms with van der Waals surface area (Å²) in [5, 5.41) is 5.62. The lowest BCUT2D eigenvalue weighted by atomic mass is 10.1. The highest BCUT2D eigenvalue weighted by atomic mass is 16.5. The van der Waals surface area contributed by atoms with Gasteiger partial charge in [-0.3, -0.25) is 9.59 Å². The summed E-state index contributed by atoms with van der Waals surface area (Å²) in [5.74, 6) is 0.179. The fourth-order valence-electron chi connectivity index (χ4n) is 2.90. The van der Waals surface area contributed by atoms with Crippen LogP contribution in [0, 0.1) is 6.92 Å². The van der Waals surface area contributed by atoms with Gasteiger partial charge in [-0.2, -0.15) is 0 Å². The van der Waals surface area contributed by atoms with Crippen LogP contribution in [0.3, 0.4) is 0 Å². The van der Waals surface area contributed by atoms with E-state index in [1.165, 1.54) is 0 Å². The molecule has 27 heavy (non-hydrogen) atoms. The van der Waals surface area contributed by atoms with Gasteiger partial charge >= 0.3 is 0 Å². The SMILES string of the molecule is Cc1cccc(OCC(=O)Nc2cccc(C(=O)NC[C@H]3CCCO3)c2)c1. The minimum atomic E-state index is -0.284. The molecule has 0 spiro atoms. The van der Waals surface area contributed by atoms with E-state index in [1.54, 1.807) is 30.3 Å². The van der Waals surface area contributed by atoms with E-state index in [2.05, 4.69) is 10.6 Å². The number of benzene rings is 2.